The number of hydrogen-bond acceptors (Lipinski definition) is 3. The molecule has 1 aromatic rings. The van der Waals surface area contributed by atoms with Crippen molar-refractivity contribution in [1.82, 2.24) is 15.5 Å². The minimum absolute atomic E-state index is 0. The zero-order valence-electron chi connectivity index (χ0n) is 15.9. The number of ether oxygens (including phenoxy) is 1. The molecular weight excluding hydrogens is 439 g/mol. The highest BCUT2D eigenvalue weighted by Crippen LogP contribution is 2.43. The number of nitrogens with zero attached hydrogens (tertiary/aromatic N) is 2. The van der Waals surface area contributed by atoms with E-state index in [1.54, 1.807) is 0 Å². The number of hydrogen-bond donors (Lipinski definition) is 2. The predicted octanol–water partition coefficient (Wildman–Crippen LogP) is 2.61. The van der Waals surface area contributed by atoms with E-state index in [0.29, 0.717) is 0 Å². The molecule has 0 aromatic heterocycles. The number of nitrogens with one attached hydrogen (secondary N) is 2. The predicted molar refractivity (Wildman–Crippen MR) is 119 cm³/mol. The molecule has 0 radical (unpaired) electrons. The van der Waals surface area contributed by atoms with Gasteiger partial charge < -0.3 is 15.4 Å². The summed E-state index contributed by atoms with van der Waals surface area (Å²) in [6, 6.07) is 10.9. The van der Waals surface area contributed by atoms with E-state index in [9.17, 15) is 0 Å². The van der Waals surface area contributed by atoms with Crippen LogP contribution in [0.5, 0.6) is 0 Å². The van der Waals surface area contributed by atoms with Gasteiger partial charge in [-0.1, -0.05) is 36.8 Å². The molecular formula is C20H33IN4O. The fourth-order valence-electron chi connectivity index (χ4n) is 3.66. The maximum absolute atomic E-state index is 5.40. The molecule has 3 rings (SSSR count). The van der Waals surface area contributed by atoms with Crippen molar-refractivity contribution in [3.8, 4) is 0 Å². The van der Waals surface area contributed by atoms with Crippen LogP contribution in [0.25, 0.3) is 0 Å². The van der Waals surface area contributed by atoms with Gasteiger partial charge in [-0.05, 0) is 25.3 Å². The van der Waals surface area contributed by atoms with Gasteiger partial charge in [-0.15, -0.1) is 24.0 Å². The maximum Gasteiger partial charge on any atom is 0.191 e. The summed E-state index contributed by atoms with van der Waals surface area (Å²) < 4.78 is 5.40. The molecule has 1 aromatic carbocycles. The Hall–Kier alpha value is -0.860. The van der Waals surface area contributed by atoms with Gasteiger partial charge in [-0.3, -0.25) is 9.89 Å². The van der Waals surface area contributed by atoms with Gasteiger partial charge in [0, 0.05) is 38.1 Å². The normalized spacial score (nSPS) is 20.0. The minimum atomic E-state index is 0. The Bertz CT molecular complexity index is 542. The smallest absolute Gasteiger partial charge is 0.191 e. The van der Waals surface area contributed by atoms with E-state index in [1.165, 1.54) is 24.8 Å². The minimum Gasteiger partial charge on any atom is -0.379 e. The van der Waals surface area contributed by atoms with Gasteiger partial charge in [0.05, 0.1) is 19.8 Å². The van der Waals surface area contributed by atoms with Gasteiger partial charge in [0.25, 0.3) is 0 Å². The van der Waals surface area contributed by atoms with Crippen LogP contribution in [0.3, 0.4) is 0 Å². The molecule has 146 valence electrons. The molecule has 26 heavy (non-hydrogen) atoms. The highest BCUT2D eigenvalue weighted by Gasteiger charge is 2.38. The fourth-order valence-corrected chi connectivity index (χ4v) is 3.66. The van der Waals surface area contributed by atoms with E-state index >= 15 is 0 Å². The van der Waals surface area contributed by atoms with E-state index in [2.05, 4.69) is 52.8 Å². The SMILES string of the molecule is CCNC(=NCC1(c2ccccc2)CCC1)NCCN1CCOCC1.I. The summed E-state index contributed by atoms with van der Waals surface area (Å²) in [5.41, 5.74) is 1.68. The van der Waals surface area contributed by atoms with Gasteiger partial charge in [0.1, 0.15) is 0 Å². The van der Waals surface area contributed by atoms with Crippen LogP contribution in [0.1, 0.15) is 31.7 Å². The first-order valence-corrected chi connectivity index (χ1v) is 9.70. The van der Waals surface area contributed by atoms with Crippen LogP contribution in [-0.2, 0) is 10.2 Å². The van der Waals surface area contributed by atoms with E-state index < -0.39 is 0 Å². The third-order valence-electron chi connectivity index (χ3n) is 5.41. The van der Waals surface area contributed by atoms with Crippen molar-refractivity contribution in [2.24, 2.45) is 4.99 Å². The van der Waals surface area contributed by atoms with Crippen molar-refractivity contribution in [2.75, 3.05) is 52.5 Å². The number of halogens is 1. The Balaban J connectivity index is 0.00000243. The largest absolute Gasteiger partial charge is 0.379 e. The van der Waals surface area contributed by atoms with E-state index in [4.69, 9.17) is 9.73 Å². The summed E-state index contributed by atoms with van der Waals surface area (Å²) in [5, 5.41) is 6.88. The molecule has 0 amide bonds. The summed E-state index contributed by atoms with van der Waals surface area (Å²) in [6.45, 7) is 9.61. The van der Waals surface area contributed by atoms with Crippen molar-refractivity contribution in [3.63, 3.8) is 0 Å². The quantitative estimate of drug-likeness (QED) is 0.364. The Morgan fingerprint density at radius 1 is 1.15 bits per heavy atom. The van der Waals surface area contributed by atoms with E-state index in [1.807, 2.05) is 0 Å². The second kappa shape index (κ2) is 11.1. The summed E-state index contributed by atoms with van der Waals surface area (Å²) >= 11 is 0. The summed E-state index contributed by atoms with van der Waals surface area (Å²) in [4.78, 5) is 7.36. The number of rotatable bonds is 7. The molecule has 0 atom stereocenters. The second-order valence-corrected chi connectivity index (χ2v) is 7.08. The van der Waals surface area contributed by atoms with Gasteiger partial charge in [0.2, 0.25) is 0 Å². The van der Waals surface area contributed by atoms with Crippen LogP contribution < -0.4 is 10.6 Å². The summed E-state index contributed by atoms with van der Waals surface area (Å²) in [5.74, 6) is 0.943. The first kappa shape index (κ1) is 21.4. The molecule has 0 bridgehead atoms. The van der Waals surface area contributed by atoms with Crippen molar-refractivity contribution < 1.29 is 4.74 Å². The number of benzene rings is 1. The first-order valence-electron chi connectivity index (χ1n) is 9.70. The molecule has 1 aliphatic heterocycles. The van der Waals surface area contributed by atoms with Crippen molar-refractivity contribution >= 4 is 29.9 Å². The van der Waals surface area contributed by atoms with Gasteiger partial charge >= 0.3 is 0 Å². The molecule has 0 spiro atoms. The zero-order chi connectivity index (χ0) is 17.4. The van der Waals surface area contributed by atoms with Crippen LogP contribution in [-0.4, -0.2) is 63.3 Å². The molecule has 1 saturated carbocycles. The van der Waals surface area contributed by atoms with E-state index in [-0.39, 0.29) is 29.4 Å². The molecule has 6 heteroatoms. The van der Waals surface area contributed by atoms with Gasteiger partial charge in [-0.2, -0.15) is 0 Å². The van der Waals surface area contributed by atoms with Gasteiger partial charge in [-0.25, -0.2) is 0 Å². The van der Waals surface area contributed by atoms with Crippen molar-refractivity contribution in [3.05, 3.63) is 35.9 Å². The topological polar surface area (TPSA) is 48.9 Å². The Morgan fingerprint density at radius 3 is 2.50 bits per heavy atom. The lowest BCUT2D eigenvalue weighted by molar-refractivity contribution is 0.0389. The van der Waals surface area contributed by atoms with Crippen molar-refractivity contribution in [2.45, 2.75) is 31.6 Å². The molecule has 2 N–H and O–H groups in total. The first-order chi connectivity index (χ1) is 12.3. The van der Waals surface area contributed by atoms with Crippen LogP contribution in [0.15, 0.2) is 35.3 Å². The monoisotopic (exact) mass is 472 g/mol. The number of aliphatic imine (C=N–C) groups is 1. The fraction of sp³-hybridized carbons (Fsp3) is 0.650. The van der Waals surface area contributed by atoms with Gasteiger partial charge in [0.15, 0.2) is 5.96 Å². The molecule has 2 fully saturated rings. The lowest BCUT2D eigenvalue weighted by atomic mass is 9.64. The number of morpholine rings is 1. The Labute approximate surface area is 175 Å². The zero-order valence-corrected chi connectivity index (χ0v) is 18.2. The molecule has 2 aliphatic rings. The van der Waals surface area contributed by atoms with Crippen LogP contribution >= 0.6 is 24.0 Å². The second-order valence-electron chi connectivity index (χ2n) is 7.08. The lowest BCUT2D eigenvalue weighted by Gasteiger charge is -2.41. The van der Waals surface area contributed by atoms with Crippen LogP contribution in [0, 0.1) is 0 Å². The van der Waals surface area contributed by atoms with Crippen LogP contribution in [0.2, 0.25) is 0 Å². The van der Waals surface area contributed by atoms with E-state index in [0.717, 1.165) is 58.4 Å². The highest BCUT2D eigenvalue weighted by molar-refractivity contribution is 14.0. The average molecular weight is 472 g/mol. The Kier molecular flexibility index (Phi) is 9.15. The lowest BCUT2D eigenvalue weighted by Crippen LogP contribution is -2.45. The third kappa shape index (κ3) is 5.82. The highest BCUT2D eigenvalue weighted by atomic mass is 127. The number of guanidine groups is 1. The molecule has 1 aliphatic carbocycles. The van der Waals surface area contributed by atoms with Crippen LogP contribution in [0.4, 0.5) is 0 Å². The third-order valence-corrected chi connectivity index (χ3v) is 5.41. The summed E-state index contributed by atoms with van der Waals surface area (Å²) in [7, 11) is 0. The molecule has 0 unspecified atom stereocenters. The van der Waals surface area contributed by atoms with Crippen molar-refractivity contribution in [1.29, 1.82) is 0 Å². The molecule has 5 nitrogen and oxygen atoms in total. The summed E-state index contributed by atoms with van der Waals surface area (Å²) in [6.07, 6.45) is 3.80. The molecule has 1 heterocycles. The molecule has 1 saturated heterocycles. The maximum atomic E-state index is 5.40. The Morgan fingerprint density at radius 2 is 1.88 bits per heavy atom. The average Bonchev–Trinajstić information content (AvgIpc) is 2.62. The standard InChI is InChI=1S/C20H32N4O.HI/c1-2-21-19(22-11-12-24-13-15-25-16-14-24)23-17-20(9-6-10-20)18-7-4-3-5-8-18;/h3-5,7-8H,2,6,9-17H2,1H3,(H2,21,22,23);1H.